The highest BCUT2D eigenvalue weighted by atomic mass is 31.2. The first-order valence-corrected chi connectivity index (χ1v) is 43.8. The number of phosphoric ester groups is 2. The molecule has 0 bridgehead atoms. The normalized spacial score (nSPS) is 14.3. The maximum atomic E-state index is 13.1. The Labute approximate surface area is 621 Å². The van der Waals surface area contributed by atoms with Gasteiger partial charge in [-0.3, -0.25) is 37.3 Å². The Hall–Kier alpha value is -3.76. The fraction of sp³-hybridized carbons (Fsp3) is 0.783. The number of allylic oxidation sites excluding steroid dienone is 14. The van der Waals surface area contributed by atoms with E-state index in [0.29, 0.717) is 25.7 Å². The third kappa shape index (κ3) is 74.5. The van der Waals surface area contributed by atoms with Crippen LogP contribution in [0.5, 0.6) is 0 Å². The van der Waals surface area contributed by atoms with Crippen LogP contribution in [0.1, 0.15) is 362 Å². The summed E-state index contributed by atoms with van der Waals surface area (Å²) in [4.78, 5) is 73.0. The second-order valence-electron chi connectivity index (χ2n) is 27.3. The number of ether oxygens (including phenoxy) is 4. The zero-order chi connectivity index (χ0) is 74.6. The molecule has 19 heteroatoms. The molecule has 0 radical (unpaired) electrons. The molecule has 0 aromatic heterocycles. The van der Waals surface area contributed by atoms with Crippen LogP contribution in [0.3, 0.4) is 0 Å². The lowest BCUT2D eigenvalue weighted by atomic mass is 10.0. The van der Waals surface area contributed by atoms with Crippen LogP contribution in [-0.2, 0) is 65.4 Å². The van der Waals surface area contributed by atoms with Gasteiger partial charge in [0.15, 0.2) is 12.2 Å². The summed E-state index contributed by atoms with van der Waals surface area (Å²) in [5.41, 5.74) is 0. The van der Waals surface area contributed by atoms with E-state index in [0.717, 1.165) is 173 Å². The van der Waals surface area contributed by atoms with Gasteiger partial charge in [-0.1, -0.05) is 299 Å². The lowest BCUT2D eigenvalue weighted by Crippen LogP contribution is -2.30. The Kier molecular flexibility index (Phi) is 72.7. The Morgan fingerprint density at radius 1 is 0.284 bits per heavy atom. The maximum Gasteiger partial charge on any atom is 0.472 e. The summed E-state index contributed by atoms with van der Waals surface area (Å²) in [5.74, 6) is -2.19. The first kappa shape index (κ1) is 98.2. The standard InChI is InChI=1S/C83H148O17P2/c1-5-9-13-17-21-25-29-33-36-37-38-39-42-45-48-52-56-60-64-68-81(86)94-74-79(100-83(88)70-66-62-58-54-50-46-41-35-31-27-23-19-15-11-7-3)76-98-102(91,92)96-72-77(84)71-95-101(89,90)97-75-78(99-82(87)69-65-61-57-53-49-43-32-28-24-20-16-12-8-4)73-93-80(85)67-63-59-55-51-47-44-40-34-30-26-22-18-14-10-6-2/h9,13,21-22,25-26,28,32-34,36,38-40,77-79,84H,5-8,10-12,14-20,23-24,27,29-31,35,37,41-76H2,1-4H3,(H,89,90)(H,91,92)/b13-9-,25-21-,26-22-,32-28-,36-33-,39-38-,40-34-. The van der Waals surface area contributed by atoms with E-state index in [1.165, 1.54) is 109 Å². The van der Waals surface area contributed by atoms with Crippen molar-refractivity contribution in [2.45, 2.75) is 380 Å². The van der Waals surface area contributed by atoms with Crippen LogP contribution in [0.25, 0.3) is 0 Å². The molecule has 0 aliphatic heterocycles. The van der Waals surface area contributed by atoms with Gasteiger partial charge in [0.1, 0.15) is 19.3 Å². The fourth-order valence-electron chi connectivity index (χ4n) is 11.1. The molecule has 0 aliphatic rings. The van der Waals surface area contributed by atoms with Gasteiger partial charge in [-0.2, -0.15) is 0 Å². The molecule has 0 saturated carbocycles. The van der Waals surface area contributed by atoms with E-state index in [1.807, 2.05) is 0 Å². The fourth-order valence-corrected chi connectivity index (χ4v) is 12.7. The Bertz CT molecular complexity index is 2260. The molecule has 0 saturated heterocycles. The Balaban J connectivity index is 5.34. The van der Waals surface area contributed by atoms with E-state index < -0.39 is 97.5 Å². The van der Waals surface area contributed by atoms with Crippen LogP contribution in [-0.4, -0.2) is 96.7 Å². The molecule has 0 heterocycles. The minimum absolute atomic E-state index is 0.0840. The molecule has 3 N–H and O–H groups in total. The molecule has 102 heavy (non-hydrogen) atoms. The molecule has 5 unspecified atom stereocenters. The minimum Gasteiger partial charge on any atom is -0.462 e. The predicted molar refractivity (Wildman–Crippen MR) is 418 cm³/mol. The minimum atomic E-state index is -4.98. The Morgan fingerprint density at radius 2 is 0.510 bits per heavy atom. The van der Waals surface area contributed by atoms with Gasteiger partial charge in [0.25, 0.3) is 0 Å². The molecule has 0 aliphatic carbocycles. The van der Waals surface area contributed by atoms with E-state index in [-0.39, 0.29) is 25.7 Å². The van der Waals surface area contributed by atoms with Gasteiger partial charge in [-0.05, 0) is 122 Å². The lowest BCUT2D eigenvalue weighted by Gasteiger charge is -2.21. The van der Waals surface area contributed by atoms with Gasteiger partial charge in [0.2, 0.25) is 0 Å². The van der Waals surface area contributed by atoms with Gasteiger partial charge in [0.05, 0.1) is 26.4 Å². The average molecular weight is 1480 g/mol. The van der Waals surface area contributed by atoms with Crippen LogP contribution in [0.4, 0.5) is 0 Å². The first-order valence-electron chi connectivity index (χ1n) is 40.8. The van der Waals surface area contributed by atoms with Crippen molar-refractivity contribution >= 4 is 39.5 Å². The summed E-state index contributed by atoms with van der Waals surface area (Å²) in [6, 6.07) is 0. The third-order valence-corrected chi connectivity index (χ3v) is 19.2. The van der Waals surface area contributed by atoms with Crippen LogP contribution in [0, 0.1) is 0 Å². The van der Waals surface area contributed by atoms with Crippen LogP contribution >= 0.6 is 15.6 Å². The highest BCUT2D eigenvalue weighted by Gasteiger charge is 2.30. The Morgan fingerprint density at radius 3 is 0.824 bits per heavy atom. The second kappa shape index (κ2) is 75.5. The lowest BCUT2D eigenvalue weighted by molar-refractivity contribution is -0.161. The zero-order valence-electron chi connectivity index (χ0n) is 64.8. The van der Waals surface area contributed by atoms with E-state index in [4.69, 9.17) is 37.0 Å². The highest BCUT2D eigenvalue weighted by molar-refractivity contribution is 7.47. The molecular formula is C83H148O17P2. The predicted octanol–water partition coefficient (Wildman–Crippen LogP) is 23.8. The van der Waals surface area contributed by atoms with Gasteiger partial charge in [-0.25, -0.2) is 9.13 Å². The molecule has 0 aromatic rings. The topological polar surface area (TPSA) is 237 Å². The van der Waals surface area contributed by atoms with Crippen molar-refractivity contribution in [3.05, 3.63) is 85.1 Å². The zero-order valence-corrected chi connectivity index (χ0v) is 66.6. The second-order valence-corrected chi connectivity index (χ2v) is 30.2. The number of aliphatic hydroxyl groups excluding tert-OH is 1. The summed E-state index contributed by atoms with van der Waals surface area (Å²) in [7, 11) is -9.95. The highest BCUT2D eigenvalue weighted by Crippen LogP contribution is 2.45. The molecule has 592 valence electrons. The molecule has 0 aromatic carbocycles. The van der Waals surface area contributed by atoms with Gasteiger partial charge < -0.3 is 33.8 Å². The van der Waals surface area contributed by atoms with Crippen molar-refractivity contribution in [3.63, 3.8) is 0 Å². The average Bonchev–Trinajstić information content (AvgIpc) is 0.924. The summed E-state index contributed by atoms with van der Waals surface area (Å²) in [6.07, 6.45) is 78.3. The van der Waals surface area contributed by atoms with E-state index in [2.05, 4.69) is 113 Å². The van der Waals surface area contributed by atoms with Crippen molar-refractivity contribution in [2.75, 3.05) is 39.6 Å². The quantitative estimate of drug-likeness (QED) is 0.0169. The summed E-state index contributed by atoms with van der Waals surface area (Å²) >= 11 is 0. The van der Waals surface area contributed by atoms with E-state index in [9.17, 15) is 43.2 Å². The number of rotatable bonds is 77. The SMILES string of the molecule is CC/C=C\C/C=C\C/C=C\C/C=C\CCCCCCCCC(=O)OCC(COP(=O)(O)OCC(O)COP(=O)(O)OCC(COC(=O)CCCCCCC/C=C\C/C=C\CCCCC)OC(=O)CCCCCCC/C=C\CCCCCC)OC(=O)CCCCCCCCCCCCCCCCC. The van der Waals surface area contributed by atoms with Crippen LogP contribution in [0.15, 0.2) is 85.1 Å². The number of phosphoric acid groups is 2. The summed E-state index contributed by atoms with van der Waals surface area (Å²) in [6.45, 7) is 4.74. The molecule has 0 amide bonds. The van der Waals surface area contributed by atoms with Crippen molar-refractivity contribution in [1.29, 1.82) is 0 Å². The number of carbonyl (C=O) groups is 4. The molecule has 0 spiro atoms. The number of hydrogen-bond donors (Lipinski definition) is 3. The maximum absolute atomic E-state index is 13.1. The van der Waals surface area contributed by atoms with Crippen molar-refractivity contribution in [3.8, 4) is 0 Å². The molecule has 0 fully saturated rings. The largest absolute Gasteiger partial charge is 0.472 e. The number of aliphatic hydroxyl groups is 1. The monoisotopic (exact) mass is 1480 g/mol. The number of carbonyl (C=O) groups excluding carboxylic acids is 4. The van der Waals surface area contributed by atoms with Crippen molar-refractivity contribution in [2.24, 2.45) is 0 Å². The van der Waals surface area contributed by atoms with E-state index in [1.54, 1.807) is 0 Å². The van der Waals surface area contributed by atoms with E-state index >= 15 is 0 Å². The first-order chi connectivity index (χ1) is 49.7. The van der Waals surface area contributed by atoms with Gasteiger partial charge >= 0.3 is 39.5 Å². The van der Waals surface area contributed by atoms with Crippen molar-refractivity contribution in [1.82, 2.24) is 0 Å². The number of esters is 4. The summed E-state index contributed by atoms with van der Waals surface area (Å²) in [5, 5.41) is 10.6. The van der Waals surface area contributed by atoms with Crippen molar-refractivity contribution < 1.29 is 80.2 Å². The molecule has 5 atom stereocenters. The van der Waals surface area contributed by atoms with Crippen LogP contribution in [0.2, 0.25) is 0 Å². The number of hydrogen-bond acceptors (Lipinski definition) is 15. The third-order valence-electron chi connectivity index (χ3n) is 17.3. The molecule has 0 rings (SSSR count). The number of unbranched alkanes of at least 4 members (excludes halogenated alkanes) is 37. The smallest absolute Gasteiger partial charge is 0.462 e. The van der Waals surface area contributed by atoms with Crippen LogP contribution < -0.4 is 0 Å². The van der Waals surface area contributed by atoms with Gasteiger partial charge in [0, 0.05) is 25.7 Å². The molecule has 17 nitrogen and oxygen atoms in total. The van der Waals surface area contributed by atoms with Gasteiger partial charge in [-0.15, -0.1) is 0 Å². The molecular weight excluding hydrogens is 1330 g/mol. The summed E-state index contributed by atoms with van der Waals surface area (Å²) < 4.78 is 68.6.